The summed E-state index contributed by atoms with van der Waals surface area (Å²) in [6.07, 6.45) is 10.5. The van der Waals surface area contributed by atoms with Gasteiger partial charge >= 0.3 is 0 Å². The number of phenols is 4. The van der Waals surface area contributed by atoms with Crippen LogP contribution in [0.1, 0.15) is 17.0 Å². The molecule has 20 aromatic rings. The Kier molecular flexibility index (Phi) is 27.2. The molecule has 0 saturated carbocycles. The van der Waals surface area contributed by atoms with E-state index in [4.69, 9.17) is 114 Å². The Hall–Kier alpha value is -18.7. The quantitative estimate of drug-likeness (QED) is 0.0363. The third-order valence-corrected chi connectivity index (χ3v) is 25.1. The van der Waals surface area contributed by atoms with Crippen molar-refractivity contribution in [2.24, 2.45) is 0 Å². The van der Waals surface area contributed by atoms with Crippen LogP contribution in [0.15, 0.2) is 262 Å². The van der Waals surface area contributed by atoms with Crippen molar-refractivity contribution >= 4 is 109 Å². The number of hydrogen-bond donors (Lipinski definition) is 9. The van der Waals surface area contributed by atoms with Crippen LogP contribution in [0.2, 0.25) is 10.0 Å². The van der Waals surface area contributed by atoms with Gasteiger partial charge in [0.2, 0.25) is 0 Å². The second kappa shape index (κ2) is 42.0. The number of ether oxygens (including phenoxy) is 14. The highest BCUT2D eigenvalue weighted by Crippen LogP contribution is 2.49. The van der Waals surface area contributed by atoms with E-state index in [1.807, 2.05) is 202 Å². The van der Waals surface area contributed by atoms with E-state index in [0.29, 0.717) is 196 Å². The first kappa shape index (κ1) is 96.5. The zero-order chi connectivity index (χ0) is 103. The SMILES string of the molecule is COc1cc(-c2nc3ccc(C)cn3c2Nc2ccc3c(c2)OCCO3)cc(F)c1O.COc1cc(-c2nc3cccc(C)n3c2Nc2ccc3c(c2)OCCO3)cc(F)c1O.COc1cc(-c2nc3cccc(C)n3c2Nc2ccc3c(c2)OCCO3)ccc1O.COc1cc(-c2nc3ccncn3c2Nc2ccc3c(c2)OCCO3)ccc1O.Clc1cccc(Cl)c1-c1nc2cnccn2c1Nc1ccc2c(c1)OCCO2. The Morgan fingerprint density at radius 3 is 1.09 bits per heavy atom. The van der Waals surface area contributed by atoms with Gasteiger partial charge in [-0.15, -0.1) is 0 Å². The number of nitrogens with one attached hydrogen (secondary N) is 5. The van der Waals surface area contributed by atoms with Crippen LogP contribution in [0, 0.1) is 32.4 Å². The summed E-state index contributed by atoms with van der Waals surface area (Å²) < 4.78 is 116. The van der Waals surface area contributed by atoms with Crippen molar-refractivity contribution in [1.29, 1.82) is 0 Å². The lowest BCUT2D eigenvalue weighted by Crippen LogP contribution is -2.15. The van der Waals surface area contributed by atoms with Gasteiger partial charge in [-0.05, 0) is 196 Å². The van der Waals surface area contributed by atoms with E-state index in [9.17, 15) is 29.2 Å². The summed E-state index contributed by atoms with van der Waals surface area (Å²) >= 11 is 12.9. The summed E-state index contributed by atoms with van der Waals surface area (Å²) in [6, 6.07) is 67.0. The molecule has 754 valence electrons. The molecular formula is C110H93Cl2F2N17O18. The number of aryl methyl sites for hydroxylation is 3. The lowest BCUT2D eigenvalue weighted by atomic mass is 10.1. The number of methoxy groups -OCH3 is 4. The van der Waals surface area contributed by atoms with Gasteiger partial charge in [0, 0.05) is 123 Å². The standard InChI is InChI=1S/2C23H20FN3O4.C23H21N3O4.C21H18N4O4.C20H14Cl2N4O2/c1-13-3-6-20-26-21(14-9-16(24)22(28)19(10-14)29-2)23(27(20)12-13)25-15-4-5-17-18(11-15)31-8-7-30-17;1-13-4-3-5-20-26-21(14-10-16(24)22(28)19(11-14)29-2)23(27(13)20)25-15-6-7-17-18(12-15)31-9-8-30-17;1-14-4-3-5-21-25-22(15-6-8-17(27)19(12-15)28-2)23(26(14)21)24-16-7-9-18-20(13-16)30-11-10-29-18;1-27-17-10-13(2-4-15(17)26)20-21(25-12-22-7-6-19(25)24-20)23-14-3-5-16-18(11-14)29-9-8-28-16;21-13-2-1-3-14(22)18(13)19-20(26-7-6-23-11-17(26)25-19)24-12-4-5-15-16(10-12)28-9-8-27-15/h3-6,9-12,25,28H,7-8H2,1-2H3;3-7,10-12,25,28H,8-9H2,1-2H3;3-9,12-13,24,27H,10-11H2,1-2H3;2-7,10-12,23,26H,8-9H2,1H3;1-7,10-11,24H,8-9H2. The van der Waals surface area contributed by atoms with E-state index in [1.165, 1.54) is 40.6 Å². The number of nitrogens with zero attached hydrogens (tertiary/aromatic N) is 12. The Labute approximate surface area is 858 Å². The largest absolute Gasteiger partial charge is 0.504 e. The highest BCUT2D eigenvalue weighted by molar-refractivity contribution is 6.39. The van der Waals surface area contributed by atoms with E-state index in [1.54, 1.807) is 85.6 Å². The van der Waals surface area contributed by atoms with Crippen LogP contribution in [0.3, 0.4) is 0 Å². The summed E-state index contributed by atoms with van der Waals surface area (Å²) in [5.41, 5.74) is 17.0. The Balaban J connectivity index is 0.000000109. The molecule has 5 aliphatic heterocycles. The molecule has 10 aromatic carbocycles. The molecule has 10 aromatic heterocycles. The molecule has 25 rings (SSSR count). The Morgan fingerprint density at radius 1 is 0.315 bits per heavy atom. The van der Waals surface area contributed by atoms with Crippen LogP contribution in [0.25, 0.3) is 84.5 Å². The number of rotatable bonds is 19. The van der Waals surface area contributed by atoms with Crippen molar-refractivity contribution in [3.8, 4) is 160 Å². The summed E-state index contributed by atoms with van der Waals surface area (Å²) in [5.74, 6) is 8.92. The number of hydrogen-bond acceptors (Lipinski definition) is 30. The molecule has 0 aliphatic carbocycles. The van der Waals surface area contributed by atoms with Crippen molar-refractivity contribution < 1.29 is 95.5 Å². The predicted octanol–water partition coefficient (Wildman–Crippen LogP) is 22.7. The summed E-state index contributed by atoms with van der Waals surface area (Å²) in [7, 11) is 5.79. The van der Waals surface area contributed by atoms with Crippen LogP contribution >= 0.6 is 23.2 Å². The monoisotopic (exact) mass is 2050 g/mol. The van der Waals surface area contributed by atoms with Gasteiger partial charge < -0.3 is 113 Å². The molecule has 0 radical (unpaired) electrons. The molecule has 0 spiro atoms. The zero-order valence-electron chi connectivity index (χ0n) is 80.8. The van der Waals surface area contributed by atoms with Crippen LogP contribution < -0.4 is 92.9 Å². The van der Waals surface area contributed by atoms with Gasteiger partial charge in [0.05, 0.1) is 44.7 Å². The van der Waals surface area contributed by atoms with Gasteiger partial charge in [-0.3, -0.25) is 27.0 Å². The van der Waals surface area contributed by atoms with Gasteiger partial charge in [0.1, 0.15) is 153 Å². The number of aromatic nitrogens is 12. The highest BCUT2D eigenvalue weighted by Gasteiger charge is 2.29. The number of aromatic hydroxyl groups is 4. The number of imidazole rings is 5. The molecule has 0 amide bonds. The number of anilines is 10. The average Bonchev–Trinajstić information content (AvgIpc) is 1.63. The first-order valence-corrected chi connectivity index (χ1v) is 47.7. The maximum Gasteiger partial charge on any atom is 0.194 e. The fourth-order valence-electron chi connectivity index (χ4n) is 17.4. The van der Waals surface area contributed by atoms with E-state index < -0.39 is 23.1 Å². The topological polar surface area (TPSA) is 383 Å². The molecule has 35 nitrogen and oxygen atoms in total. The van der Waals surface area contributed by atoms with E-state index >= 15 is 0 Å². The molecule has 149 heavy (non-hydrogen) atoms. The van der Waals surface area contributed by atoms with E-state index in [2.05, 4.69) is 41.0 Å². The molecule has 0 unspecified atom stereocenters. The normalized spacial score (nSPS) is 12.8. The molecule has 5 aliphatic rings. The second-order valence-electron chi connectivity index (χ2n) is 34.1. The first-order valence-electron chi connectivity index (χ1n) is 46.9. The van der Waals surface area contributed by atoms with Gasteiger partial charge in [-0.25, -0.2) is 38.7 Å². The molecule has 15 heterocycles. The van der Waals surface area contributed by atoms with Gasteiger partial charge in [0.15, 0.2) is 121 Å². The minimum atomic E-state index is -0.784. The third kappa shape index (κ3) is 19.9. The lowest BCUT2D eigenvalue weighted by molar-refractivity contribution is 0.171. The molecule has 0 bridgehead atoms. The van der Waals surface area contributed by atoms with E-state index in [0.717, 1.165) is 108 Å². The highest BCUT2D eigenvalue weighted by atomic mass is 35.5. The van der Waals surface area contributed by atoms with Crippen LogP contribution in [0.5, 0.6) is 103 Å². The van der Waals surface area contributed by atoms with Crippen LogP contribution in [0.4, 0.5) is 66.3 Å². The minimum absolute atomic E-state index is 0.0357. The number of phenolic OH excluding ortho intramolecular Hbond substituents is 4. The molecular weight excluding hydrogens is 1960 g/mol. The molecule has 0 fully saturated rings. The molecule has 0 atom stereocenters. The maximum atomic E-state index is 14.4. The second-order valence-corrected chi connectivity index (χ2v) is 34.9. The summed E-state index contributed by atoms with van der Waals surface area (Å²) in [5, 5.41) is 57.9. The number of fused-ring (bicyclic) bond motifs is 10. The Morgan fingerprint density at radius 2 is 0.664 bits per heavy atom. The van der Waals surface area contributed by atoms with E-state index in [-0.39, 0.29) is 23.0 Å². The lowest BCUT2D eigenvalue weighted by Gasteiger charge is -2.19. The maximum absolute atomic E-state index is 14.4. The fourth-order valence-corrected chi connectivity index (χ4v) is 18.0. The number of pyridine rings is 3. The fraction of sp³-hybridized carbons (Fsp3) is 0.155. The summed E-state index contributed by atoms with van der Waals surface area (Å²) in [6.45, 7) is 11.2. The van der Waals surface area contributed by atoms with Gasteiger partial charge in [-0.2, -0.15) is 0 Å². The molecule has 0 saturated heterocycles. The van der Waals surface area contributed by atoms with Gasteiger partial charge in [-0.1, -0.05) is 47.5 Å². The van der Waals surface area contributed by atoms with Crippen molar-refractivity contribution in [2.75, 3.05) is 121 Å². The molecule has 39 heteroatoms. The zero-order valence-corrected chi connectivity index (χ0v) is 82.3. The van der Waals surface area contributed by atoms with Crippen molar-refractivity contribution in [3.05, 3.63) is 300 Å². The first-order chi connectivity index (χ1) is 72.6. The van der Waals surface area contributed by atoms with Gasteiger partial charge in [0.25, 0.3) is 0 Å². The van der Waals surface area contributed by atoms with Crippen molar-refractivity contribution in [1.82, 2.24) is 56.9 Å². The number of benzene rings is 10. The predicted molar refractivity (Wildman–Crippen MR) is 559 cm³/mol. The van der Waals surface area contributed by atoms with Crippen molar-refractivity contribution in [2.45, 2.75) is 20.8 Å². The average molecular weight is 2050 g/mol. The Bertz CT molecular complexity index is 8500. The van der Waals surface area contributed by atoms with Crippen LogP contribution in [-0.2, 0) is 0 Å². The smallest absolute Gasteiger partial charge is 0.194 e. The summed E-state index contributed by atoms with van der Waals surface area (Å²) in [4.78, 5) is 32.1. The van der Waals surface area contributed by atoms with Crippen molar-refractivity contribution in [3.63, 3.8) is 0 Å². The number of halogens is 4. The molecule has 9 N–H and O–H groups in total. The third-order valence-electron chi connectivity index (χ3n) is 24.5. The van der Waals surface area contributed by atoms with Crippen LogP contribution in [-0.4, -0.2) is 172 Å². The minimum Gasteiger partial charge on any atom is -0.504 e.